The number of furan rings is 1. The molecule has 2 aromatic carbocycles. The Bertz CT molecular complexity index is 1140. The normalized spacial score (nSPS) is 11.8. The van der Waals surface area contributed by atoms with Crippen molar-refractivity contribution in [2.24, 2.45) is 0 Å². The molecule has 4 rings (SSSR count). The van der Waals surface area contributed by atoms with E-state index in [1.807, 2.05) is 55.5 Å². The van der Waals surface area contributed by atoms with E-state index < -0.39 is 0 Å². The first-order valence-electron chi connectivity index (χ1n) is 9.41. The summed E-state index contributed by atoms with van der Waals surface area (Å²) in [5.41, 5.74) is 2.86. The first-order valence-corrected chi connectivity index (χ1v) is 9.41. The van der Waals surface area contributed by atoms with Gasteiger partial charge >= 0.3 is 0 Å². The highest BCUT2D eigenvalue weighted by Crippen LogP contribution is 2.32. The van der Waals surface area contributed by atoms with Crippen molar-refractivity contribution in [2.45, 2.75) is 13.0 Å². The van der Waals surface area contributed by atoms with Crippen LogP contribution in [0.15, 0.2) is 71.6 Å². The molecule has 2 aromatic heterocycles. The quantitative estimate of drug-likeness (QED) is 0.487. The van der Waals surface area contributed by atoms with E-state index in [2.05, 4.69) is 15.5 Å². The maximum Gasteiger partial charge on any atom is 0.254 e. The number of hydrogen-bond donors (Lipinski definition) is 0. The van der Waals surface area contributed by atoms with Gasteiger partial charge in [-0.3, -0.25) is 4.79 Å². The van der Waals surface area contributed by atoms with Gasteiger partial charge in [-0.2, -0.15) is 0 Å². The first kappa shape index (κ1) is 19.4. The molecule has 0 aliphatic rings. The van der Waals surface area contributed by atoms with Gasteiger partial charge in [-0.15, -0.1) is 5.10 Å². The molecular weight excluding hydrogens is 382 g/mol. The molecule has 2 heterocycles. The number of carbonyl (C=O) groups is 1. The van der Waals surface area contributed by atoms with Crippen molar-refractivity contribution in [3.63, 3.8) is 0 Å². The van der Waals surface area contributed by atoms with Gasteiger partial charge in [0.05, 0.1) is 25.1 Å². The van der Waals surface area contributed by atoms with Crippen molar-refractivity contribution in [1.29, 1.82) is 0 Å². The molecule has 0 spiro atoms. The van der Waals surface area contributed by atoms with Crippen LogP contribution in [0.3, 0.4) is 0 Å². The molecule has 0 bridgehead atoms. The largest absolute Gasteiger partial charge is 0.496 e. The van der Waals surface area contributed by atoms with Crippen molar-refractivity contribution in [1.82, 2.24) is 25.1 Å². The second-order valence-corrected chi connectivity index (χ2v) is 6.83. The molecule has 0 aliphatic heterocycles. The lowest BCUT2D eigenvalue weighted by Crippen LogP contribution is -2.29. The summed E-state index contributed by atoms with van der Waals surface area (Å²) in [6.45, 7) is 1.92. The van der Waals surface area contributed by atoms with Gasteiger partial charge in [0, 0.05) is 18.2 Å². The summed E-state index contributed by atoms with van der Waals surface area (Å²) in [4.78, 5) is 15.0. The van der Waals surface area contributed by atoms with E-state index in [9.17, 15) is 4.79 Å². The van der Waals surface area contributed by atoms with Gasteiger partial charge in [0.15, 0.2) is 0 Å². The van der Waals surface area contributed by atoms with Crippen molar-refractivity contribution < 1.29 is 13.9 Å². The summed E-state index contributed by atoms with van der Waals surface area (Å²) in [7, 11) is 3.37. The molecular formula is C22H21N5O3. The van der Waals surface area contributed by atoms with Crippen LogP contribution in [0.1, 0.15) is 29.1 Å². The Labute approximate surface area is 173 Å². The van der Waals surface area contributed by atoms with Crippen molar-refractivity contribution in [3.8, 4) is 22.6 Å². The minimum absolute atomic E-state index is 0.148. The fraction of sp³-hybridized carbons (Fsp3) is 0.182. The average molecular weight is 403 g/mol. The number of methoxy groups -OCH3 is 1. The van der Waals surface area contributed by atoms with Crippen LogP contribution < -0.4 is 4.74 Å². The number of aromatic nitrogens is 4. The molecule has 0 aliphatic carbocycles. The summed E-state index contributed by atoms with van der Waals surface area (Å²) >= 11 is 0. The fourth-order valence-electron chi connectivity index (χ4n) is 3.28. The summed E-state index contributed by atoms with van der Waals surface area (Å²) < 4.78 is 12.5. The third-order valence-corrected chi connectivity index (χ3v) is 5.05. The predicted octanol–water partition coefficient (Wildman–Crippen LogP) is 3.76. The lowest BCUT2D eigenvalue weighted by Gasteiger charge is -2.24. The van der Waals surface area contributed by atoms with Gasteiger partial charge < -0.3 is 14.1 Å². The van der Waals surface area contributed by atoms with Gasteiger partial charge in [-0.05, 0) is 59.3 Å². The molecule has 1 atom stereocenters. The van der Waals surface area contributed by atoms with Crippen molar-refractivity contribution in [3.05, 3.63) is 78.5 Å². The van der Waals surface area contributed by atoms with E-state index in [1.165, 1.54) is 11.0 Å². The average Bonchev–Trinajstić information content (AvgIpc) is 3.51. The Hall–Kier alpha value is -3.94. The molecule has 152 valence electrons. The molecule has 0 N–H and O–H groups in total. The Morgan fingerprint density at radius 1 is 1.17 bits per heavy atom. The van der Waals surface area contributed by atoms with E-state index in [-0.39, 0.29) is 11.9 Å². The molecule has 1 amide bonds. The molecule has 4 aromatic rings. The number of amides is 1. The molecule has 0 saturated heterocycles. The maximum absolute atomic E-state index is 13.3. The van der Waals surface area contributed by atoms with Crippen LogP contribution in [0.2, 0.25) is 0 Å². The lowest BCUT2D eigenvalue weighted by atomic mass is 10.00. The maximum atomic E-state index is 13.3. The number of nitrogens with zero attached hydrogens (tertiary/aromatic N) is 5. The zero-order valence-corrected chi connectivity index (χ0v) is 16.9. The van der Waals surface area contributed by atoms with Gasteiger partial charge in [-0.1, -0.05) is 18.2 Å². The standard InChI is InChI=1S/C22H21N5O3/c1-15(20-9-6-10-30-20)26(2)22(28)17-11-16(19-7-4-5-8-21(19)29-3)12-18(13-17)27-14-23-24-25-27/h4-15H,1-3H3/t15-/m0/s1. The number of ether oxygens (including phenoxy) is 1. The van der Waals surface area contributed by atoms with E-state index >= 15 is 0 Å². The third kappa shape index (κ3) is 3.67. The molecule has 0 saturated carbocycles. The molecule has 8 nitrogen and oxygen atoms in total. The highest BCUT2D eigenvalue weighted by Gasteiger charge is 2.22. The fourth-order valence-corrected chi connectivity index (χ4v) is 3.28. The number of hydrogen-bond acceptors (Lipinski definition) is 6. The van der Waals surface area contributed by atoms with E-state index in [0.717, 1.165) is 11.1 Å². The molecule has 0 radical (unpaired) electrons. The zero-order valence-electron chi connectivity index (χ0n) is 16.9. The van der Waals surface area contributed by atoms with Gasteiger partial charge in [0.1, 0.15) is 17.8 Å². The number of rotatable bonds is 6. The van der Waals surface area contributed by atoms with Crippen LogP contribution in [-0.4, -0.2) is 45.2 Å². The minimum Gasteiger partial charge on any atom is -0.496 e. The molecule has 8 heteroatoms. The van der Waals surface area contributed by atoms with E-state index in [4.69, 9.17) is 9.15 Å². The third-order valence-electron chi connectivity index (χ3n) is 5.05. The number of benzene rings is 2. The summed E-state index contributed by atoms with van der Waals surface area (Å²) in [6.07, 6.45) is 3.09. The molecule has 0 fully saturated rings. The topological polar surface area (TPSA) is 86.3 Å². The van der Waals surface area contributed by atoms with Crippen LogP contribution in [0.4, 0.5) is 0 Å². The van der Waals surface area contributed by atoms with Gasteiger partial charge in [0.2, 0.25) is 0 Å². The van der Waals surface area contributed by atoms with Crippen LogP contribution in [-0.2, 0) is 0 Å². The Morgan fingerprint density at radius 3 is 2.70 bits per heavy atom. The predicted molar refractivity (Wildman–Crippen MR) is 110 cm³/mol. The second kappa shape index (κ2) is 8.20. The van der Waals surface area contributed by atoms with E-state index in [1.54, 1.807) is 31.4 Å². The number of tetrazole rings is 1. The summed E-state index contributed by atoms with van der Waals surface area (Å²) in [6, 6.07) is 16.6. The van der Waals surface area contributed by atoms with Crippen LogP contribution in [0, 0.1) is 0 Å². The summed E-state index contributed by atoms with van der Waals surface area (Å²) in [5.74, 6) is 1.28. The van der Waals surface area contributed by atoms with Gasteiger partial charge in [-0.25, -0.2) is 4.68 Å². The van der Waals surface area contributed by atoms with E-state index in [0.29, 0.717) is 22.8 Å². The SMILES string of the molecule is COc1ccccc1-c1cc(C(=O)N(C)[C@@H](C)c2ccco2)cc(-n2cnnn2)c1. The number of carbonyl (C=O) groups excluding carboxylic acids is 1. The highest BCUT2D eigenvalue weighted by atomic mass is 16.5. The Morgan fingerprint density at radius 2 is 2.00 bits per heavy atom. The van der Waals surface area contributed by atoms with Crippen LogP contribution in [0.5, 0.6) is 5.75 Å². The summed E-state index contributed by atoms with van der Waals surface area (Å²) in [5, 5.41) is 11.4. The molecule has 0 unspecified atom stereocenters. The second-order valence-electron chi connectivity index (χ2n) is 6.83. The molecule has 30 heavy (non-hydrogen) atoms. The Kier molecular flexibility index (Phi) is 5.30. The first-order chi connectivity index (χ1) is 14.6. The minimum atomic E-state index is -0.223. The smallest absolute Gasteiger partial charge is 0.254 e. The monoisotopic (exact) mass is 403 g/mol. The van der Waals surface area contributed by atoms with Gasteiger partial charge in [0.25, 0.3) is 5.91 Å². The highest BCUT2D eigenvalue weighted by molar-refractivity contribution is 5.96. The van der Waals surface area contributed by atoms with Crippen LogP contribution >= 0.6 is 0 Å². The zero-order chi connectivity index (χ0) is 21.1. The lowest BCUT2D eigenvalue weighted by molar-refractivity contribution is 0.0726. The number of para-hydroxylation sites is 1. The Balaban J connectivity index is 1.79. The van der Waals surface area contributed by atoms with Crippen molar-refractivity contribution in [2.75, 3.05) is 14.2 Å². The van der Waals surface area contributed by atoms with Crippen LogP contribution in [0.25, 0.3) is 16.8 Å². The van der Waals surface area contributed by atoms with Crippen molar-refractivity contribution >= 4 is 5.91 Å².